The van der Waals surface area contributed by atoms with Crippen LogP contribution in [0.5, 0.6) is 0 Å². The van der Waals surface area contributed by atoms with Crippen molar-refractivity contribution in [3.63, 3.8) is 0 Å². The standard InChI is InChI=1S/C16H25N3O3S.HI/c1-3-12-6-5-7-13(4-2)15(12)19-16(17)18-10-14-11-23(20,21)9-8-22-14;/h5-7,14H,3-4,8-11H2,1-2H3,(H3,17,18,19);1H. The largest absolute Gasteiger partial charge is 0.374 e. The van der Waals surface area contributed by atoms with Crippen molar-refractivity contribution in [3.05, 3.63) is 29.3 Å². The average molecular weight is 467 g/mol. The molecule has 1 saturated heterocycles. The summed E-state index contributed by atoms with van der Waals surface area (Å²) in [5.74, 6) is 0.382. The molecular formula is C16H26IN3O3S. The van der Waals surface area contributed by atoms with Crippen LogP contribution in [-0.4, -0.2) is 45.1 Å². The lowest BCUT2D eigenvalue weighted by Gasteiger charge is -2.21. The van der Waals surface area contributed by atoms with E-state index in [2.05, 4.69) is 36.3 Å². The number of hydrogen-bond acceptors (Lipinski definition) is 4. The predicted octanol–water partition coefficient (Wildman–Crippen LogP) is 1.97. The third-order valence-electron chi connectivity index (χ3n) is 3.90. The van der Waals surface area contributed by atoms with Crippen LogP contribution in [0.3, 0.4) is 0 Å². The smallest absolute Gasteiger partial charge is 0.193 e. The average Bonchev–Trinajstić information content (AvgIpc) is 2.52. The van der Waals surface area contributed by atoms with Crippen LogP contribution in [0.4, 0.5) is 5.69 Å². The van der Waals surface area contributed by atoms with Gasteiger partial charge in [-0.25, -0.2) is 8.42 Å². The highest BCUT2D eigenvalue weighted by molar-refractivity contribution is 14.0. The SMILES string of the molecule is CCc1cccc(CC)c1NC(N)=NCC1CS(=O)(=O)CCO1.I. The van der Waals surface area contributed by atoms with E-state index in [0.29, 0.717) is 0 Å². The second kappa shape index (κ2) is 9.57. The maximum absolute atomic E-state index is 11.6. The number of ether oxygens (including phenoxy) is 1. The number of rotatable bonds is 5. The number of aliphatic imine (C=N–C) groups is 1. The molecule has 0 radical (unpaired) electrons. The number of guanidine groups is 1. The van der Waals surface area contributed by atoms with Gasteiger partial charge >= 0.3 is 0 Å². The third kappa shape index (κ3) is 5.89. The van der Waals surface area contributed by atoms with Crippen LogP contribution in [-0.2, 0) is 27.4 Å². The summed E-state index contributed by atoms with van der Waals surface area (Å²) in [4.78, 5) is 4.25. The van der Waals surface area contributed by atoms with Gasteiger partial charge in [-0.3, -0.25) is 4.99 Å². The van der Waals surface area contributed by atoms with Gasteiger partial charge in [0.2, 0.25) is 0 Å². The molecule has 0 spiro atoms. The topological polar surface area (TPSA) is 93.8 Å². The van der Waals surface area contributed by atoms with E-state index in [1.165, 1.54) is 11.1 Å². The van der Waals surface area contributed by atoms with Crippen LogP contribution in [0.25, 0.3) is 0 Å². The zero-order valence-corrected chi connectivity index (χ0v) is 17.3. The lowest BCUT2D eigenvalue weighted by atomic mass is 10.0. The minimum atomic E-state index is -3.02. The van der Waals surface area contributed by atoms with Crippen LogP contribution in [0.15, 0.2) is 23.2 Å². The zero-order valence-electron chi connectivity index (χ0n) is 14.1. The van der Waals surface area contributed by atoms with E-state index in [1.807, 2.05) is 6.07 Å². The van der Waals surface area contributed by atoms with Gasteiger partial charge in [0.25, 0.3) is 0 Å². The van der Waals surface area contributed by atoms with Gasteiger partial charge in [-0.15, -0.1) is 24.0 Å². The molecule has 1 aliphatic heterocycles. The predicted molar refractivity (Wildman–Crippen MR) is 109 cm³/mol. The molecule has 0 aliphatic carbocycles. The first-order valence-electron chi connectivity index (χ1n) is 7.95. The van der Waals surface area contributed by atoms with E-state index in [4.69, 9.17) is 10.5 Å². The number of nitrogens with two attached hydrogens (primary N) is 1. The molecule has 3 N–H and O–H groups in total. The van der Waals surface area contributed by atoms with Gasteiger partial charge in [-0.05, 0) is 24.0 Å². The number of hydrogen-bond donors (Lipinski definition) is 2. The third-order valence-corrected chi connectivity index (χ3v) is 5.57. The minimum absolute atomic E-state index is 0. The fraction of sp³-hybridized carbons (Fsp3) is 0.562. The van der Waals surface area contributed by atoms with Gasteiger partial charge < -0.3 is 15.8 Å². The Balaban J connectivity index is 0.00000288. The fourth-order valence-corrected chi connectivity index (χ4v) is 3.92. The molecule has 8 heteroatoms. The fourth-order valence-electron chi connectivity index (χ4n) is 2.63. The molecule has 0 bridgehead atoms. The van der Waals surface area contributed by atoms with Crippen molar-refractivity contribution in [2.24, 2.45) is 10.7 Å². The Morgan fingerprint density at radius 1 is 1.33 bits per heavy atom. The quantitative estimate of drug-likeness (QED) is 0.393. The first kappa shape index (κ1) is 21.2. The maximum Gasteiger partial charge on any atom is 0.193 e. The summed E-state index contributed by atoms with van der Waals surface area (Å²) >= 11 is 0. The first-order chi connectivity index (χ1) is 10.9. The van der Waals surface area contributed by atoms with Crippen LogP contribution < -0.4 is 11.1 Å². The number of nitrogens with one attached hydrogen (secondary N) is 1. The summed E-state index contributed by atoms with van der Waals surface area (Å²) < 4.78 is 28.6. The molecule has 1 aromatic carbocycles. The van der Waals surface area contributed by atoms with Crippen LogP contribution in [0, 0.1) is 0 Å². The molecule has 6 nitrogen and oxygen atoms in total. The molecule has 1 unspecified atom stereocenters. The first-order valence-corrected chi connectivity index (χ1v) is 9.77. The van der Waals surface area contributed by atoms with Gasteiger partial charge in [-0.1, -0.05) is 32.0 Å². The lowest BCUT2D eigenvalue weighted by molar-refractivity contribution is 0.0783. The van der Waals surface area contributed by atoms with Gasteiger partial charge in [-0.2, -0.15) is 0 Å². The molecule has 0 aromatic heterocycles. The summed E-state index contributed by atoms with van der Waals surface area (Å²) in [7, 11) is -3.02. The van der Waals surface area contributed by atoms with Crippen molar-refractivity contribution >= 4 is 45.5 Å². The van der Waals surface area contributed by atoms with E-state index in [9.17, 15) is 8.42 Å². The maximum atomic E-state index is 11.6. The van der Waals surface area contributed by atoms with Crippen molar-refractivity contribution in [3.8, 4) is 0 Å². The number of sulfone groups is 1. The zero-order chi connectivity index (χ0) is 16.9. The Kier molecular flexibility index (Phi) is 8.44. The highest BCUT2D eigenvalue weighted by atomic mass is 127. The molecule has 1 aliphatic rings. The van der Waals surface area contributed by atoms with Crippen LogP contribution in [0.1, 0.15) is 25.0 Å². The van der Waals surface area contributed by atoms with Crippen molar-refractivity contribution < 1.29 is 13.2 Å². The molecule has 1 aromatic rings. The summed E-state index contributed by atoms with van der Waals surface area (Å²) in [6, 6.07) is 6.16. The summed E-state index contributed by atoms with van der Waals surface area (Å²) in [5.41, 5.74) is 9.33. The lowest BCUT2D eigenvalue weighted by Crippen LogP contribution is -2.37. The molecule has 2 rings (SSSR count). The van der Waals surface area contributed by atoms with E-state index >= 15 is 0 Å². The number of benzene rings is 1. The van der Waals surface area contributed by atoms with E-state index in [1.54, 1.807) is 0 Å². The van der Waals surface area contributed by atoms with E-state index < -0.39 is 15.9 Å². The van der Waals surface area contributed by atoms with Crippen molar-refractivity contribution in [2.75, 3.05) is 30.0 Å². The monoisotopic (exact) mass is 467 g/mol. The van der Waals surface area contributed by atoms with Gasteiger partial charge in [0.1, 0.15) is 0 Å². The second-order valence-corrected chi connectivity index (χ2v) is 7.85. The van der Waals surface area contributed by atoms with Gasteiger partial charge in [0.15, 0.2) is 15.8 Å². The van der Waals surface area contributed by atoms with Crippen molar-refractivity contribution in [1.82, 2.24) is 0 Å². The Hall–Kier alpha value is -0.870. The number of halogens is 1. The number of para-hydroxylation sites is 1. The summed E-state index contributed by atoms with van der Waals surface area (Å²) in [5, 5.41) is 3.16. The molecule has 1 heterocycles. The summed E-state index contributed by atoms with van der Waals surface area (Å²) in [6.45, 7) is 4.66. The minimum Gasteiger partial charge on any atom is -0.374 e. The molecular weight excluding hydrogens is 441 g/mol. The number of aryl methyl sites for hydroxylation is 2. The van der Waals surface area contributed by atoms with E-state index in [0.717, 1.165) is 18.5 Å². The Morgan fingerprint density at radius 2 is 1.96 bits per heavy atom. The molecule has 24 heavy (non-hydrogen) atoms. The van der Waals surface area contributed by atoms with Crippen molar-refractivity contribution in [2.45, 2.75) is 32.8 Å². The molecule has 136 valence electrons. The highest BCUT2D eigenvalue weighted by Crippen LogP contribution is 2.22. The molecule has 1 atom stereocenters. The molecule has 1 fully saturated rings. The Labute approximate surface area is 161 Å². The molecule has 0 amide bonds. The normalized spacial score (nSPS) is 20.2. The van der Waals surface area contributed by atoms with Gasteiger partial charge in [0.05, 0.1) is 30.8 Å². The Morgan fingerprint density at radius 3 is 2.50 bits per heavy atom. The number of anilines is 1. The van der Waals surface area contributed by atoms with Crippen LogP contribution in [0.2, 0.25) is 0 Å². The number of nitrogens with zero attached hydrogens (tertiary/aromatic N) is 1. The van der Waals surface area contributed by atoms with Crippen LogP contribution >= 0.6 is 24.0 Å². The molecule has 0 saturated carbocycles. The van der Waals surface area contributed by atoms with Crippen molar-refractivity contribution in [1.29, 1.82) is 0 Å². The summed E-state index contributed by atoms with van der Waals surface area (Å²) in [6.07, 6.45) is 1.38. The van der Waals surface area contributed by atoms with Gasteiger partial charge in [0, 0.05) is 5.69 Å². The highest BCUT2D eigenvalue weighted by Gasteiger charge is 2.25. The Bertz CT molecular complexity index is 655. The van der Waals surface area contributed by atoms with E-state index in [-0.39, 0.29) is 54.6 Å². The second-order valence-electron chi connectivity index (χ2n) is 5.62.